The number of nitrogens with one attached hydrogen (secondary N) is 1. The second-order valence-corrected chi connectivity index (χ2v) is 4.58. The topological polar surface area (TPSA) is 64.3 Å². The molecule has 0 spiro atoms. The van der Waals surface area contributed by atoms with Crippen LogP contribution in [0, 0.1) is 5.92 Å². The van der Waals surface area contributed by atoms with Crippen molar-refractivity contribution in [3.63, 3.8) is 0 Å². The van der Waals surface area contributed by atoms with E-state index in [-0.39, 0.29) is 17.9 Å². The molecule has 1 aromatic rings. The van der Waals surface area contributed by atoms with Crippen LogP contribution in [-0.2, 0) is 4.79 Å². The van der Waals surface area contributed by atoms with Crippen molar-refractivity contribution in [1.82, 2.24) is 5.32 Å². The molecule has 0 aliphatic carbocycles. The zero-order valence-electron chi connectivity index (χ0n) is 12.0. The van der Waals surface area contributed by atoms with Crippen LogP contribution in [0.4, 0.5) is 0 Å². The van der Waals surface area contributed by atoms with Crippen LogP contribution in [0.1, 0.15) is 38.8 Å². The number of amides is 1. The third kappa shape index (κ3) is 4.24. The van der Waals surface area contributed by atoms with Crippen LogP contribution in [0.3, 0.4) is 0 Å². The van der Waals surface area contributed by atoms with Gasteiger partial charge in [0.15, 0.2) is 0 Å². The Hall–Kier alpha value is -1.55. The fourth-order valence-corrected chi connectivity index (χ4v) is 1.88. The first-order chi connectivity index (χ1) is 9.13. The maximum absolute atomic E-state index is 12.0. The minimum absolute atomic E-state index is 0.0133. The summed E-state index contributed by atoms with van der Waals surface area (Å²) in [7, 11) is 0. The van der Waals surface area contributed by atoms with Crippen molar-refractivity contribution in [3.8, 4) is 5.75 Å². The van der Waals surface area contributed by atoms with Gasteiger partial charge in [0.1, 0.15) is 5.75 Å². The zero-order chi connectivity index (χ0) is 14.3. The lowest BCUT2D eigenvalue weighted by Crippen LogP contribution is -2.35. The van der Waals surface area contributed by atoms with Gasteiger partial charge in [0.2, 0.25) is 5.91 Å². The Morgan fingerprint density at radius 1 is 1.37 bits per heavy atom. The molecule has 0 heterocycles. The highest BCUT2D eigenvalue weighted by atomic mass is 16.5. The number of hydrogen-bond acceptors (Lipinski definition) is 3. The lowest BCUT2D eigenvalue weighted by Gasteiger charge is -2.22. The van der Waals surface area contributed by atoms with Crippen LogP contribution >= 0.6 is 0 Å². The molecule has 1 aromatic carbocycles. The normalized spacial score (nSPS) is 13.7. The Morgan fingerprint density at radius 3 is 2.63 bits per heavy atom. The molecule has 0 saturated heterocycles. The second kappa shape index (κ2) is 7.79. The van der Waals surface area contributed by atoms with Crippen molar-refractivity contribution in [2.75, 3.05) is 13.2 Å². The summed E-state index contributed by atoms with van der Waals surface area (Å²) in [6.45, 7) is 6.79. The molecule has 106 valence electrons. The van der Waals surface area contributed by atoms with Crippen molar-refractivity contribution in [2.45, 2.75) is 33.2 Å². The van der Waals surface area contributed by atoms with E-state index < -0.39 is 0 Å². The summed E-state index contributed by atoms with van der Waals surface area (Å²) in [6, 6.07) is 7.78. The van der Waals surface area contributed by atoms with Crippen molar-refractivity contribution >= 4 is 5.91 Å². The fourth-order valence-electron chi connectivity index (χ4n) is 1.88. The average Bonchev–Trinajstić information content (AvgIpc) is 2.44. The largest absolute Gasteiger partial charge is 0.494 e. The van der Waals surface area contributed by atoms with Gasteiger partial charge in [-0.15, -0.1) is 0 Å². The van der Waals surface area contributed by atoms with Crippen LogP contribution in [0.5, 0.6) is 5.75 Å². The van der Waals surface area contributed by atoms with Gasteiger partial charge in [0.25, 0.3) is 0 Å². The van der Waals surface area contributed by atoms with E-state index in [2.05, 4.69) is 5.32 Å². The number of hydrogen-bond donors (Lipinski definition) is 2. The van der Waals surface area contributed by atoms with E-state index in [1.165, 1.54) is 0 Å². The van der Waals surface area contributed by atoms with E-state index in [0.29, 0.717) is 13.2 Å². The van der Waals surface area contributed by atoms with Gasteiger partial charge in [-0.2, -0.15) is 0 Å². The lowest BCUT2D eigenvalue weighted by atomic mass is 10.0. The van der Waals surface area contributed by atoms with Gasteiger partial charge in [0.05, 0.1) is 12.6 Å². The predicted octanol–water partition coefficient (Wildman–Crippen LogP) is 2.25. The lowest BCUT2D eigenvalue weighted by molar-refractivity contribution is -0.125. The molecule has 4 nitrogen and oxygen atoms in total. The van der Waals surface area contributed by atoms with Gasteiger partial charge >= 0.3 is 0 Å². The van der Waals surface area contributed by atoms with Crippen LogP contribution in [0.15, 0.2) is 24.3 Å². The first-order valence-corrected chi connectivity index (χ1v) is 6.86. The average molecular weight is 264 g/mol. The van der Waals surface area contributed by atoms with Crippen LogP contribution in [0.2, 0.25) is 0 Å². The molecule has 0 aliphatic heterocycles. The third-order valence-electron chi connectivity index (χ3n) is 3.12. The molecule has 1 rings (SSSR count). The Labute approximate surface area is 115 Å². The molecule has 2 atom stereocenters. The summed E-state index contributed by atoms with van der Waals surface area (Å²) in [6.07, 6.45) is 0.813. The standard InChI is InChI=1S/C15H24N2O2/c1-4-13(17-15(18)11(3)10-16)12-8-6-7-9-14(12)19-5-2/h6-9,11,13H,4-5,10,16H2,1-3H3,(H,17,18). The summed E-state index contributed by atoms with van der Waals surface area (Å²) in [5, 5.41) is 3.03. The SMILES string of the molecule is CCOc1ccccc1C(CC)NC(=O)C(C)CN. The first-order valence-electron chi connectivity index (χ1n) is 6.86. The molecule has 3 N–H and O–H groups in total. The Bertz CT molecular complexity index is 407. The molecular formula is C15H24N2O2. The Morgan fingerprint density at radius 2 is 2.05 bits per heavy atom. The quantitative estimate of drug-likeness (QED) is 0.794. The van der Waals surface area contributed by atoms with Crippen molar-refractivity contribution in [3.05, 3.63) is 29.8 Å². The number of benzene rings is 1. The van der Waals surface area contributed by atoms with Crippen molar-refractivity contribution in [1.29, 1.82) is 0 Å². The number of carbonyl (C=O) groups excluding carboxylic acids is 1. The maximum atomic E-state index is 12.0. The summed E-state index contributed by atoms with van der Waals surface area (Å²) in [5.41, 5.74) is 6.54. The van der Waals surface area contributed by atoms with Crippen molar-refractivity contribution in [2.24, 2.45) is 11.7 Å². The molecule has 0 fully saturated rings. The van der Waals surface area contributed by atoms with Gasteiger partial charge in [0, 0.05) is 18.0 Å². The third-order valence-corrected chi connectivity index (χ3v) is 3.12. The second-order valence-electron chi connectivity index (χ2n) is 4.58. The van der Waals surface area contributed by atoms with E-state index in [4.69, 9.17) is 10.5 Å². The van der Waals surface area contributed by atoms with Gasteiger partial charge in [-0.1, -0.05) is 32.0 Å². The monoisotopic (exact) mass is 264 g/mol. The Balaban J connectivity index is 2.88. The number of rotatable bonds is 7. The smallest absolute Gasteiger partial charge is 0.224 e. The Kier molecular flexibility index (Phi) is 6.36. The summed E-state index contributed by atoms with van der Waals surface area (Å²) in [5.74, 6) is 0.645. The molecule has 0 saturated carbocycles. The number of ether oxygens (including phenoxy) is 1. The van der Waals surface area contributed by atoms with Gasteiger partial charge < -0.3 is 15.8 Å². The molecule has 4 heteroatoms. The fraction of sp³-hybridized carbons (Fsp3) is 0.533. The highest BCUT2D eigenvalue weighted by Gasteiger charge is 2.19. The molecule has 19 heavy (non-hydrogen) atoms. The molecule has 2 unspecified atom stereocenters. The van der Waals surface area contributed by atoms with E-state index in [0.717, 1.165) is 17.7 Å². The van der Waals surface area contributed by atoms with Gasteiger partial charge in [-0.05, 0) is 19.4 Å². The summed E-state index contributed by atoms with van der Waals surface area (Å²) < 4.78 is 5.61. The maximum Gasteiger partial charge on any atom is 0.224 e. The molecule has 0 aliphatic rings. The zero-order valence-corrected chi connectivity index (χ0v) is 12.0. The van der Waals surface area contributed by atoms with E-state index in [1.807, 2.05) is 45.0 Å². The van der Waals surface area contributed by atoms with Gasteiger partial charge in [-0.25, -0.2) is 0 Å². The summed E-state index contributed by atoms with van der Waals surface area (Å²) in [4.78, 5) is 12.0. The van der Waals surface area contributed by atoms with Crippen LogP contribution in [-0.4, -0.2) is 19.1 Å². The highest BCUT2D eigenvalue weighted by molar-refractivity contribution is 5.79. The molecule has 0 radical (unpaired) electrons. The van der Waals surface area contributed by atoms with E-state index in [1.54, 1.807) is 0 Å². The number of carbonyl (C=O) groups is 1. The minimum atomic E-state index is -0.173. The highest BCUT2D eigenvalue weighted by Crippen LogP contribution is 2.27. The summed E-state index contributed by atoms with van der Waals surface area (Å²) >= 11 is 0. The molecule has 0 bridgehead atoms. The van der Waals surface area contributed by atoms with E-state index in [9.17, 15) is 4.79 Å². The van der Waals surface area contributed by atoms with E-state index >= 15 is 0 Å². The minimum Gasteiger partial charge on any atom is -0.494 e. The van der Waals surface area contributed by atoms with Gasteiger partial charge in [-0.3, -0.25) is 4.79 Å². The number of para-hydroxylation sites is 1. The predicted molar refractivity (Wildman–Crippen MR) is 77.0 cm³/mol. The first kappa shape index (κ1) is 15.5. The van der Waals surface area contributed by atoms with Crippen LogP contribution in [0.25, 0.3) is 0 Å². The van der Waals surface area contributed by atoms with Crippen LogP contribution < -0.4 is 15.8 Å². The molecular weight excluding hydrogens is 240 g/mol. The van der Waals surface area contributed by atoms with Crippen molar-refractivity contribution < 1.29 is 9.53 Å². The molecule has 0 aromatic heterocycles. The number of nitrogens with two attached hydrogens (primary N) is 1. The molecule has 1 amide bonds.